The average molecular weight is 202 g/mol. The van der Waals surface area contributed by atoms with Gasteiger partial charge < -0.3 is 5.73 Å². The van der Waals surface area contributed by atoms with Crippen molar-refractivity contribution >= 4 is 0 Å². The largest absolute Gasteiger partial charge is 0.330 e. The van der Waals surface area contributed by atoms with Crippen LogP contribution in [0.3, 0.4) is 0 Å². The minimum atomic E-state index is 0.741. The lowest BCUT2D eigenvalue weighted by Gasteiger charge is -2.02. The van der Waals surface area contributed by atoms with Crippen LogP contribution in [-0.4, -0.2) is 21.5 Å². The molecule has 0 amide bonds. The van der Waals surface area contributed by atoms with E-state index in [9.17, 15) is 0 Å². The van der Waals surface area contributed by atoms with Gasteiger partial charge in [0.05, 0.1) is 18.1 Å². The van der Waals surface area contributed by atoms with Gasteiger partial charge in [-0.2, -0.15) is 0 Å². The fourth-order valence-electron chi connectivity index (χ4n) is 1.47. The molecule has 0 spiro atoms. The van der Waals surface area contributed by atoms with Crippen molar-refractivity contribution in [3.63, 3.8) is 0 Å². The van der Waals surface area contributed by atoms with E-state index in [0.29, 0.717) is 0 Å². The molecule has 2 N–H and O–H groups in total. The summed E-state index contributed by atoms with van der Waals surface area (Å²) in [6.45, 7) is 0.741. The molecule has 1 aromatic heterocycles. The monoisotopic (exact) mass is 202 g/mol. The van der Waals surface area contributed by atoms with Crippen molar-refractivity contribution in [1.29, 1.82) is 0 Å². The number of aromatic nitrogens is 3. The maximum absolute atomic E-state index is 5.46. The number of nitrogens with two attached hydrogens (primary N) is 1. The normalized spacial score (nSPS) is 10.5. The summed E-state index contributed by atoms with van der Waals surface area (Å²) in [6, 6.07) is 8.29. The van der Waals surface area contributed by atoms with E-state index in [4.69, 9.17) is 5.73 Å². The van der Waals surface area contributed by atoms with Gasteiger partial charge in [-0.3, -0.25) is 0 Å². The number of hydrogen-bond donors (Lipinski definition) is 1. The maximum atomic E-state index is 5.46. The van der Waals surface area contributed by atoms with E-state index >= 15 is 0 Å². The first-order valence-corrected chi connectivity index (χ1v) is 5.06. The molecule has 2 rings (SSSR count). The lowest BCUT2D eigenvalue weighted by atomic mass is 10.1. The maximum Gasteiger partial charge on any atom is 0.0697 e. The third-order valence-electron chi connectivity index (χ3n) is 2.29. The second-order valence-corrected chi connectivity index (χ2v) is 3.41. The Labute approximate surface area is 88.7 Å². The van der Waals surface area contributed by atoms with Crippen LogP contribution >= 0.6 is 0 Å². The second-order valence-electron chi connectivity index (χ2n) is 3.41. The third kappa shape index (κ3) is 2.41. The number of nitrogens with zero attached hydrogens (tertiary/aromatic N) is 3. The summed E-state index contributed by atoms with van der Waals surface area (Å²) in [5.41, 5.74) is 7.80. The van der Waals surface area contributed by atoms with Crippen LogP contribution in [0.4, 0.5) is 0 Å². The molecule has 0 saturated carbocycles. The zero-order chi connectivity index (χ0) is 10.5. The van der Waals surface area contributed by atoms with Gasteiger partial charge in [0.1, 0.15) is 0 Å². The molecule has 4 heteroatoms. The molecule has 0 aliphatic heterocycles. The highest BCUT2D eigenvalue weighted by molar-refractivity contribution is 5.33. The predicted octanol–water partition coefficient (Wildman–Crippen LogP) is 1.16. The van der Waals surface area contributed by atoms with Crippen LogP contribution in [-0.2, 0) is 6.42 Å². The van der Waals surface area contributed by atoms with Crippen molar-refractivity contribution in [1.82, 2.24) is 15.0 Å². The fraction of sp³-hybridized carbons (Fsp3) is 0.273. The molecule has 4 nitrogen and oxygen atoms in total. The highest BCUT2D eigenvalue weighted by atomic mass is 15.4. The standard InChI is InChI=1S/C11H14N4/c12-7-1-2-10-3-5-11(6-4-10)15-9-8-13-14-15/h3-6,8-9H,1-2,7,12H2. The number of aryl methyl sites for hydroxylation is 1. The molecule has 0 atom stereocenters. The van der Waals surface area contributed by atoms with Gasteiger partial charge in [0.2, 0.25) is 0 Å². The highest BCUT2D eigenvalue weighted by Gasteiger charge is 1.97. The van der Waals surface area contributed by atoms with Gasteiger partial charge in [0.15, 0.2) is 0 Å². The Bertz CT molecular complexity index is 391. The Morgan fingerprint density at radius 3 is 2.60 bits per heavy atom. The molecule has 1 heterocycles. The van der Waals surface area contributed by atoms with Crippen molar-refractivity contribution in [2.75, 3.05) is 6.54 Å². The molecule has 0 bridgehead atoms. The van der Waals surface area contributed by atoms with Gasteiger partial charge in [-0.15, -0.1) is 5.10 Å². The second kappa shape index (κ2) is 4.70. The van der Waals surface area contributed by atoms with E-state index in [1.807, 2.05) is 18.3 Å². The van der Waals surface area contributed by atoms with Crippen LogP contribution in [0.15, 0.2) is 36.7 Å². The Balaban J connectivity index is 2.11. The van der Waals surface area contributed by atoms with Crippen LogP contribution in [0.2, 0.25) is 0 Å². The highest BCUT2D eigenvalue weighted by Crippen LogP contribution is 2.09. The summed E-state index contributed by atoms with van der Waals surface area (Å²) in [5.74, 6) is 0. The molecule has 78 valence electrons. The van der Waals surface area contributed by atoms with E-state index in [1.54, 1.807) is 10.9 Å². The Hall–Kier alpha value is -1.68. The topological polar surface area (TPSA) is 56.7 Å². The van der Waals surface area contributed by atoms with E-state index in [0.717, 1.165) is 25.1 Å². The predicted molar refractivity (Wildman–Crippen MR) is 58.7 cm³/mol. The summed E-state index contributed by atoms with van der Waals surface area (Å²) >= 11 is 0. The molecule has 1 aromatic carbocycles. The van der Waals surface area contributed by atoms with Gasteiger partial charge in [-0.05, 0) is 37.1 Å². The lowest BCUT2D eigenvalue weighted by molar-refractivity contribution is 0.799. The minimum absolute atomic E-state index is 0.741. The Morgan fingerprint density at radius 1 is 1.20 bits per heavy atom. The average Bonchev–Trinajstić information content (AvgIpc) is 2.80. The van der Waals surface area contributed by atoms with Crippen LogP contribution in [0.5, 0.6) is 0 Å². The summed E-state index contributed by atoms with van der Waals surface area (Å²) < 4.78 is 1.74. The zero-order valence-corrected chi connectivity index (χ0v) is 8.50. The van der Waals surface area contributed by atoms with E-state index in [1.165, 1.54) is 5.56 Å². The lowest BCUT2D eigenvalue weighted by Crippen LogP contribution is -2.00. The summed E-state index contributed by atoms with van der Waals surface area (Å²) in [5, 5.41) is 7.69. The van der Waals surface area contributed by atoms with Crippen LogP contribution in [0, 0.1) is 0 Å². The van der Waals surface area contributed by atoms with Gasteiger partial charge >= 0.3 is 0 Å². The van der Waals surface area contributed by atoms with Gasteiger partial charge in [-0.25, -0.2) is 4.68 Å². The minimum Gasteiger partial charge on any atom is -0.330 e. The first-order valence-electron chi connectivity index (χ1n) is 5.06. The van der Waals surface area contributed by atoms with Crippen molar-refractivity contribution in [3.05, 3.63) is 42.2 Å². The SMILES string of the molecule is NCCCc1ccc(-n2ccnn2)cc1. The zero-order valence-electron chi connectivity index (χ0n) is 8.50. The van der Waals surface area contributed by atoms with Crippen molar-refractivity contribution in [2.24, 2.45) is 5.73 Å². The van der Waals surface area contributed by atoms with E-state index in [2.05, 4.69) is 22.4 Å². The quantitative estimate of drug-likeness (QED) is 0.809. The fourth-order valence-corrected chi connectivity index (χ4v) is 1.47. The number of benzene rings is 1. The molecule has 0 radical (unpaired) electrons. The smallest absolute Gasteiger partial charge is 0.0697 e. The first kappa shape index (κ1) is 9.86. The molecular formula is C11H14N4. The van der Waals surface area contributed by atoms with Crippen LogP contribution < -0.4 is 5.73 Å². The van der Waals surface area contributed by atoms with E-state index < -0.39 is 0 Å². The number of hydrogen-bond acceptors (Lipinski definition) is 3. The molecule has 2 aromatic rings. The Kier molecular flexibility index (Phi) is 3.09. The molecule has 0 aliphatic rings. The molecule has 15 heavy (non-hydrogen) atoms. The third-order valence-corrected chi connectivity index (χ3v) is 2.29. The van der Waals surface area contributed by atoms with Gasteiger partial charge in [0.25, 0.3) is 0 Å². The van der Waals surface area contributed by atoms with Gasteiger partial charge in [-0.1, -0.05) is 17.3 Å². The summed E-state index contributed by atoms with van der Waals surface area (Å²) in [7, 11) is 0. The Morgan fingerprint density at radius 2 is 2.00 bits per heavy atom. The first-order chi connectivity index (χ1) is 7.40. The molecule has 0 unspecified atom stereocenters. The van der Waals surface area contributed by atoms with Crippen LogP contribution in [0.1, 0.15) is 12.0 Å². The summed E-state index contributed by atoms with van der Waals surface area (Å²) in [6.07, 6.45) is 5.56. The van der Waals surface area contributed by atoms with E-state index in [-0.39, 0.29) is 0 Å². The van der Waals surface area contributed by atoms with Crippen molar-refractivity contribution < 1.29 is 0 Å². The van der Waals surface area contributed by atoms with Crippen molar-refractivity contribution in [2.45, 2.75) is 12.8 Å². The molecule has 0 aliphatic carbocycles. The summed E-state index contributed by atoms with van der Waals surface area (Å²) in [4.78, 5) is 0. The van der Waals surface area contributed by atoms with Crippen molar-refractivity contribution in [3.8, 4) is 5.69 Å². The van der Waals surface area contributed by atoms with Gasteiger partial charge in [0, 0.05) is 0 Å². The molecule has 0 fully saturated rings. The molecule has 0 saturated heterocycles. The van der Waals surface area contributed by atoms with Crippen LogP contribution in [0.25, 0.3) is 5.69 Å². The molecular weight excluding hydrogens is 188 g/mol. The number of rotatable bonds is 4.